The second kappa shape index (κ2) is 11.7. The van der Waals surface area contributed by atoms with Crippen molar-refractivity contribution in [3.63, 3.8) is 0 Å². The van der Waals surface area contributed by atoms with Crippen LogP contribution >= 0.6 is 0 Å². The number of rotatable bonds is 7. The van der Waals surface area contributed by atoms with E-state index in [1.807, 2.05) is 30.3 Å². The van der Waals surface area contributed by atoms with E-state index in [0.717, 1.165) is 6.07 Å². The van der Waals surface area contributed by atoms with E-state index < -0.39 is 29.2 Å². The maximum Gasteiger partial charge on any atom is 0.416 e. The summed E-state index contributed by atoms with van der Waals surface area (Å²) in [6, 6.07) is 20.7. The molecule has 0 spiro atoms. The second-order valence-corrected chi connectivity index (χ2v) is 9.80. The smallest absolute Gasteiger partial charge is 0.416 e. The Hall–Kier alpha value is -4.99. The van der Waals surface area contributed by atoms with E-state index in [1.54, 1.807) is 38.1 Å². The molecule has 3 aromatic carbocycles. The summed E-state index contributed by atoms with van der Waals surface area (Å²) in [4.78, 5) is 28.1. The molecular weight excluding hydrogens is 561 g/mol. The summed E-state index contributed by atoms with van der Waals surface area (Å²) in [5, 5.41) is 3.12. The molecule has 1 aromatic heterocycles. The zero-order valence-electron chi connectivity index (χ0n) is 23.9. The van der Waals surface area contributed by atoms with Crippen molar-refractivity contribution in [2.24, 2.45) is 0 Å². The van der Waals surface area contributed by atoms with E-state index in [9.17, 15) is 22.8 Å². The minimum atomic E-state index is -4.75. The molecule has 0 saturated heterocycles. The first-order valence-electron chi connectivity index (χ1n) is 13.5. The number of hydrogen-bond acceptors (Lipinski definition) is 6. The highest BCUT2D eigenvalue weighted by Crippen LogP contribution is 2.46. The van der Waals surface area contributed by atoms with E-state index in [2.05, 4.69) is 5.32 Å². The standard InChI is InChI=1S/C33H29F3N2O5/c1-5-43-32(40)28-19(2)37-24-18-25(20-11-7-6-8-12-20)38(21-15-16-26(41-3)27(17-21)42-4)31(39)30(24)29(28)22-13-9-10-14-23(22)33(34,35)36/h6-18,29,37H,5H2,1-4H3. The number of methoxy groups -OCH3 is 2. The lowest BCUT2D eigenvalue weighted by Gasteiger charge is -2.32. The summed E-state index contributed by atoms with van der Waals surface area (Å²) in [6.07, 6.45) is -4.75. The van der Waals surface area contributed by atoms with Crippen LogP contribution in [0.2, 0.25) is 0 Å². The molecule has 1 aliphatic heterocycles. The number of anilines is 1. The van der Waals surface area contributed by atoms with Gasteiger partial charge in [0, 0.05) is 11.8 Å². The third-order valence-corrected chi connectivity index (χ3v) is 7.32. The first-order chi connectivity index (χ1) is 20.6. The molecule has 1 N–H and O–H groups in total. The van der Waals surface area contributed by atoms with Crippen molar-refractivity contribution < 1.29 is 32.2 Å². The Morgan fingerprint density at radius 1 is 0.930 bits per heavy atom. The highest BCUT2D eigenvalue weighted by molar-refractivity contribution is 5.95. The van der Waals surface area contributed by atoms with Crippen molar-refractivity contribution in [1.29, 1.82) is 0 Å². The molecular formula is C33H29F3N2O5. The molecule has 7 nitrogen and oxygen atoms in total. The van der Waals surface area contributed by atoms with Crippen molar-refractivity contribution in [2.75, 3.05) is 26.1 Å². The Kier molecular flexibility index (Phi) is 8.04. The minimum absolute atomic E-state index is 0.00106. The number of esters is 1. The Morgan fingerprint density at radius 2 is 1.60 bits per heavy atom. The number of benzene rings is 3. The number of carbonyl (C=O) groups is 1. The van der Waals surface area contributed by atoms with Gasteiger partial charge in [0.1, 0.15) is 0 Å². The van der Waals surface area contributed by atoms with E-state index >= 15 is 0 Å². The molecule has 1 atom stereocenters. The number of carbonyl (C=O) groups excluding carboxylic acids is 1. The maximum atomic E-state index is 14.7. The van der Waals surface area contributed by atoms with Crippen LogP contribution in [0.15, 0.2) is 94.9 Å². The molecule has 1 unspecified atom stereocenters. The summed E-state index contributed by atoms with van der Waals surface area (Å²) in [5.74, 6) is -1.41. The SMILES string of the molecule is CCOC(=O)C1=C(C)Nc2cc(-c3ccccc3)n(-c3ccc(OC)c(OC)c3)c(=O)c2C1c1ccccc1C(F)(F)F. The van der Waals surface area contributed by atoms with Crippen molar-refractivity contribution in [2.45, 2.75) is 25.9 Å². The van der Waals surface area contributed by atoms with Gasteiger partial charge < -0.3 is 19.5 Å². The van der Waals surface area contributed by atoms with Gasteiger partial charge in [-0.25, -0.2) is 4.79 Å². The molecule has 222 valence electrons. The largest absolute Gasteiger partial charge is 0.493 e. The molecule has 10 heteroatoms. The highest BCUT2D eigenvalue weighted by Gasteiger charge is 2.42. The average molecular weight is 591 g/mol. The van der Waals surface area contributed by atoms with Crippen LogP contribution in [0.1, 0.15) is 36.5 Å². The van der Waals surface area contributed by atoms with Crippen LogP contribution < -0.4 is 20.3 Å². The second-order valence-electron chi connectivity index (χ2n) is 9.80. The zero-order chi connectivity index (χ0) is 30.9. The average Bonchev–Trinajstić information content (AvgIpc) is 3.00. The lowest BCUT2D eigenvalue weighted by Crippen LogP contribution is -2.34. The zero-order valence-corrected chi connectivity index (χ0v) is 23.9. The third kappa shape index (κ3) is 5.36. The quantitative estimate of drug-likeness (QED) is 0.235. The predicted octanol–water partition coefficient (Wildman–Crippen LogP) is 6.94. The summed E-state index contributed by atoms with van der Waals surface area (Å²) in [5.41, 5.74) is 0.208. The molecule has 43 heavy (non-hydrogen) atoms. The molecule has 0 aliphatic carbocycles. The number of nitrogens with one attached hydrogen (secondary N) is 1. The lowest BCUT2D eigenvalue weighted by atomic mass is 9.79. The maximum absolute atomic E-state index is 14.7. The third-order valence-electron chi connectivity index (χ3n) is 7.32. The fourth-order valence-electron chi connectivity index (χ4n) is 5.48. The number of hydrogen-bond donors (Lipinski definition) is 1. The van der Waals surface area contributed by atoms with Gasteiger partial charge >= 0.3 is 12.1 Å². The molecule has 4 aromatic rings. The summed E-state index contributed by atoms with van der Waals surface area (Å²) in [7, 11) is 2.94. The van der Waals surface area contributed by atoms with Crippen molar-refractivity contribution in [3.05, 3.63) is 117 Å². The van der Waals surface area contributed by atoms with Gasteiger partial charge in [-0.15, -0.1) is 0 Å². The van der Waals surface area contributed by atoms with Gasteiger partial charge in [0.25, 0.3) is 5.56 Å². The fourth-order valence-corrected chi connectivity index (χ4v) is 5.48. The van der Waals surface area contributed by atoms with Crippen LogP contribution in [0, 0.1) is 0 Å². The predicted molar refractivity (Wildman–Crippen MR) is 157 cm³/mol. The molecule has 0 saturated carbocycles. The number of pyridine rings is 1. The molecule has 0 radical (unpaired) electrons. The van der Waals surface area contributed by atoms with E-state index in [1.165, 1.54) is 37.0 Å². The van der Waals surface area contributed by atoms with Gasteiger partial charge in [-0.05, 0) is 49.2 Å². The molecule has 5 rings (SSSR count). The minimum Gasteiger partial charge on any atom is -0.493 e. The topological polar surface area (TPSA) is 78.8 Å². The number of ether oxygens (including phenoxy) is 3. The van der Waals surface area contributed by atoms with Gasteiger partial charge in [-0.2, -0.15) is 13.2 Å². The monoisotopic (exact) mass is 590 g/mol. The number of allylic oxidation sites excluding steroid dienone is 1. The molecule has 2 heterocycles. The molecule has 0 amide bonds. The van der Waals surface area contributed by atoms with Gasteiger partial charge in [-0.1, -0.05) is 48.5 Å². The first-order valence-corrected chi connectivity index (χ1v) is 13.5. The van der Waals surface area contributed by atoms with E-state index in [-0.39, 0.29) is 34.7 Å². The highest BCUT2D eigenvalue weighted by atomic mass is 19.4. The van der Waals surface area contributed by atoms with Crippen molar-refractivity contribution in [3.8, 4) is 28.4 Å². The van der Waals surface area contributed by atoms with E-state index in [4.69, 9.17) is 14.2 Å². The number of aromatic nitrogens is 1. The van der Waals surface area contributed by atoms with Gasteiger partial charge in [0.2, 0.25) is 0 Å². The van der Waals surface area contributed by atoms with Crippen LogP contribution in [0.25, 0.3) is 16.9 Å². The van der Waals surface area contributed by atoms with Crippen molar-refractivity contribution >= 4 is 11.7 Å². The first kappa shape index (κ1) is 29.5. The van der Waals surface area contributed by atoms with Gasteiger partial charge in [0.15, 0.2) is 11.5 Å². The van der Waals surface area contributed by atoms with Crippen LogP contribution in [-0.2, 0) is 15.7 Å². The molecule has 0 bridgehead atoms. The number of fused-ring (bicyclic) bond motifs is 1. The van der Waals surface area contributed by atoms with Crippen LogP contribution in [0.5, 0.6) is 11.5 Å². The number of nitrogens with zero attached hydrogens (tertiary/aromatic N) is 1. The van der Waals surface area contributed by atoms with Crippen molar-refractivity contribution in [1.82, 2.24) is 4.57 Å². The Balaban J connectivity index is 1.90. The van der Waals surface area contributed by atoms with Gasteiger partial charge in [-0.3, -0.25) is 9.36 Å². The molecule has 0 fully saturated rings. The van der Waals surface area contributed by atoms with Crippen LogP contribution in [-0.4, -0.2) is 31.4 Å². The summed E-state index contributed by atoms with van der Waals surface area (Å²) in [6.45, 7) is 3.19. The van der Waals surface area contributed by atoms with E-state index in [0.29, 0.717) is 28.4 Å². The Bertz CT molecular complexity index is 1780. The molecule has 1 aliphatic rings. The normalized spacial score (nSPS) is 14.5. The summed E-state index contributed by atoms with van der Waals surface area (Å²) < 4.78 is 60.7. The number of alkyl halides is 3. The Morgan fingerprint density at radius 3 is 2.26 bits per heavy atom. The summed E-state index contributed by atoms with van der Waals surface area (Å²) >= 11 is 0. The van der Waals surface area contributed by atoms with Crippen LogP contribution in [0.4, 0.5) is 18.9 Å². The number of halogens is 3. The fraction of sp³-hybridized carbons (Fsp3) is 0.212. The lowest BCUT2D eigenvalue weighted by molar-refractivity contribution is -0.140. The van der Waals surface area contributed by atoms with Crippen LogP contribution in [0.3, 0.4) is 0 Å². The Labute approximate surface area is 246 Å². The van der Waals surface area contributed by atoms with Gasteiger partial charge in [0.05, 0.1) is 60.5 Å².